The maximum absolute atomic E-state index is 13.8. The van der Waals surface area contributed by atoms with Gasteiger partial charge >= 0.3 is 28.0 Å². The molecule has 0 atom stereocenters. The molecule has 2 N–H and O–H groups in total. The van der Waals surface area contributed by atoms with Crippen molar-refractivity contribution in [1.82, 2.24) is 14.7 Å². The molecule has 0 unspecified atom stereocenters. The Hall–Kier alpha value is -4.14. The lowest BCUT2D eigenvalue weighted by atomic mass is 10.1. The van der Waals surface area contributed by atoms with E-state index in [1.54, 1.807) is 13.8 Å². The molecule has 1 aliphatic rings. The number of nitrogens with two attached hydrogens (primary N) is 1. The van der Waals surface area contributed by atoms with E-state index in [9.17, 15) is 37.4 Å². The number of hydrogen-bond acceptors (Lipinski definition) is 10. The first-order chi connectivity index (χ1) is 20.1. The van der Waals surface area contributed by atoms with Crippen molar-refractivity contribution in [3.05, 3.63) is 29.8 Å². The van der Waals surface area contributed by atoms with Crippen LogP contribution in [0.15, 0.2) is 29.2 Å². The number of carboxylic acids is 1. The molecule has 0 saturated carbocycles. The van der Waals surface area contributed by atoms with Gasteiger partial charge in [-0.25, -0.2) is 0 Å². The second kappa shape index (κ2) is 11.7. The number of hydrogen-bond donors (Lipinski definition) is 1. The van der Waals surface area contributed by atoms with E-state index >= 15 is 0 Å². The largest absolute Gasteiger partial charge is 0.542 e. The van der Waals surface area contributed by atoms with Crippen LogP contribution in [0.3, 0.4) is 0 Å². The standard InChI is InChI=1S/C21H26F5N6O4S.C2HF3O2/c1-3-35-18-12-19-31(29-21(27)32(19)28-20(18)36-4-2)13-17(33)14-9-15(30-5-7-34-8-6-30)11-16(10-14)37(22,23,24,25)26;3-2(4,5)1(6)7/h9-12H,3-8,13H2,1-2H3,(H2,27,29);(H,6,7)/q+1;/p-1. The zero-order chi connectivity index (χ0) is 33.2. The third-order valence-electron chi connectivity index (χ3n) is 5.72. The van der Waals surface area contributed by atoms with Crippen LogP contribution in [0.25, 0.3) is 5.65 Å². The fourth-order valence-corrected chi connectivity index (χ4v) is 4.50. The number of benzene rings is 1. The zero-order valence-electron chi connectivity index (χ0n) is 23.0. The lowest BCUT2D eigenvalue weighted by Gasteiger charge is -2.41. The van der Waals surface area contributed by atoms with Crippen molar-refractivity contribution >= 4 is 39.3 Å². The van der Waals surface area contributed by atoms with Crippen LogP contribution in [-0.4, -0.2) is 72.2 Å². The second-order valence-corrected chi connectivity index (χ2v) is 11.4. The van der Waals surface area contributed by atoms with Crippen LogP contribution >= 0.6 is 10.2 Å². The van der Waals surface area contributed by atoms with E-state index in [4.69, 9.17) is 29.8 Å². The number of ketones is 1. The summed E-state index contributed by atoms with van der Waals surface area (Å²) in [7, 11) is -10.1. The van der Waals surface area contributed by atoms with Crippen molar-refractivity contribution in [3.63, 3.8) is 0 Å². The van der Waals surface area contributed by atoms with Gasteiger partial charge in [-0.2, -0.15) is 13.2 Å². The van der Waals surface area contributed by atoms with Crippen molar-refractivity contribution in [3.8, 4) is 11.6 Å². The molecular weight excluding hydrogens is 640 g/mol. The molecule has 0 radical (unpaired) electrons. The summed E-state index contributed by atoms with van der Waals surface area (Å²) in [6, 6.07) is 3.16. The normalized spacial score (nSPS) is 15.5. The minimum absolute atomic E-state index is 0.123. The average Bonchev–Trinajstić information content (AvgIpc) is 3.21. The predicted octanol–water partition coefficient (Wildman–Crippen LogP) is 3.07. The quantitative estimate of drug-likeness (QED) is 0.205. The number of fused-ring (bicyclic) bond motifs is 1. The van der Waals surface area contributed by atoms with E-state index < -0.39 is 45.2 Å². The summed E-state index contributed by atoms with van der Waals surface area (Å²) in [6.45, 7) is 4.20. The number of ether oxygens (including phenoxy) is 3. The molecule has 44 heavy (non-hydrogen) atoms. The molecule has 0 aliphatic carbocycles. The summed E-state index contributed by atoms with van der Waals surface area (Å²) in [6.07, 6.45) is -5.19. The molecule has 0 amide bonds. The molecule has 3 aromatic rings. The highest BCUT2D eigenvalue weighted by molar-refractivity contribution is 8.45. The Labute approximate surface area is 243 Å². The molecule has 1 aromatic carbocycles. The Kier molecular flexibility index (Phi) is 9.17. The summed E-state index contributed by atoms with van der Waals surface area (Å²) in [4.78, 5) is 21.2. The SMILES string of the molecule is CCOc1cc2n(nc1OCC)c(N)n[n+]2CC(=O)c1cc(N2CCOCC2)cc(S(F)(F)(F)(F)F)c1.O=C([O-])C(F)(F)F. The van der Waals surface area contributed by atoms with Gasteiger partial charge in [0.25, 0.3) is 5.88 Å². The number of anilines is 2. The third-order valence-corrected chi connectivity index (χ3v) is 6.85. The van der Waals surface area contributed by atoms with E-state index in [-0.39, 0.29) is 74.5 Å². The van der Waals surface area contributed by atoms with Gasteiger partial charge < -0.3 is 34.7 Å². The molecule has 2 aromatic heterocycles. The van der Waals surface area contributed by atoms with Gasteiger partial charge in [-0.3, -0.25) is 4.79 Å². The average molecular weight is 667 g/mol. The van der Waals surface area contributed by atoms with Crippen LogP contribution in [0.5, 0.6) is 11.6 Å². The number of aromatic nitrogens is 4. The number of Topliss-reactive ketones (excluding diaryl/α,β-unsaturated/α-hetero) is 1. The van der Waals surface area contributed by atoms with Gasteiger partial charge in [-0.1, -0.05) is 23.9 Å². The van der Waals surface area contributed by atoms with E-state index in [1.807, 2.05) is 0 Å². The number of aliphatic carboxylic acids is 1. The van der Waals surface area contributed by atoms with Crippen molar-refractivity contribution in [2.75, 3.05) is 50.2 Å². The number of morpholine rings is 1. The van der Waals surface area contributed by atoms with Crippen molar-refractivity contribution in [2.45, 2.75) is 31.5 Å². The Balaban J connectivity index is 0.000000676. The van der Waals surface area contributed by atoms with Crippen LogP contribution in [-0.2, 0) is 16.1 Å². The summed E-state index contributed by atoms with van der Waals surface area (Å²) >= 11 is 0. The summed E-state index contributed by atoms with van der Waals surface area (Å²) in [5, 5.41) is 17.0. The van der Waals surface area contributed by atoms with Gasteiger partial charge in [-0.05, 0) is 42.2 Å². The molecule has 0 bridgehead atoms. The molecular formula is C23H26F8N6O6S. The highest BCUT2D eigenvalue weighted by atomic mass is 32.5. The number of rotatable bonds is 9. The molecule has 1 saturated heterocycles. The molecule has 3 heterocycles. The summed E-state index contributed by atoms with van der Waals surface area (Å²) in [5.41, 5.74) is 5.39. The van der Waals surface area contributed by atoms with Crippen LogP contribution in [0, 0.1) is 0 Å². The first-order valence-corrected chi connectivity index (χ1v) is 14.5. The molecule has 246 valence electrons. The van der Waals surface area contributed by atoms with E-state index in [1.165, 1.54) is 15.5 Å². The molecule has 12 nitrogen and oxygen atoms in total. The number of halogens is 8. The topological polar surface area (TPSA) is 148 Å². The molecule has 1 fully saturated rings. The second-order valence-electron chi connectivity index (χ2n) is 8.96. The van der Waals surface area contributed by atoms with Crippen molar-refractivity contribution < 1.29 is 66.2 Å². The summed E-state index contributed by atoms with van der Waals surface area (Å²) in [5.74, 6) is -3.68. The number of nitrogens with zero attached hydrogens (tertiary/aromatic N) is 5. The predicted molar refractivity (Wildman–Crippen MR) is 136 cm³/mol. The van der Waals surface area contributed by atoms with Gasteiger partial charge in [0, 0.05) is 24.3 Å². The molecule has 4 rings (SSSR count). The lowest BCUT2D eigenvalue weighted by molar-refractivity contribution is -0.714. The Morgan fingerprint density at radius 2 is 1.64 bits per heavy atom. The van der Waals surface area contributed by atoms with Crippen molar-refractivity contribution in [1.29, 1.82) is 0 Å². The van der Waals surface area contributed by atoms with E-state index in [0.29, 0.717) is 6.07 Å². The maximum atomic E-state index is 13.8. The summed E-state index contributed by atoms with van der Waals surface area (Å²) < 4.78 is 119. The number of carbonyl (C=O) groups is 2. The van der Waals surface area contributed by atoms with Crippen LogP contribution < -0.4 is 29.9 Å². The maximum Gasteiger partial charge on any atom is 0.430 e. The Morgan fingerprint density at radius 3 is 2.16 bits per heavy atom. The van der Waals surface area contributed by atoms with Gasteiger partial charge in [0.15, 0.2) is 12.3 Å². The Morgan fingerprint density at radius 1 is 1.05 bits per heavy atom. The van der Waals surface area contributed by atoms with Crippen molar-refractivity contribution in [2.24, 2.45) is 0 Å². The number of nitrogen functional groups attached to an aromatic ring is 1. The minimum atomic E-state index is -10.1. The fourth-order valence-electron chi connectivity index (χ4n) is 3.81. The van der Waals surface area contributed by atoms with Crippen LogP contribution in [0.2, 0.25) is 0 Å². The fraction of sp³-hybridized carbons (Fsp3) is 0.435. The van der Waals surface area contributed by atoms with E-state index in [2.05, 4.69) is 10.2 Å². The highest BCUT2D eigenvalue weighted by Gasteiger charge is 2.65. The highest BCUT2D eigenvalue weighted by Crippen LogP contribution is 3.02. The first kappa shape index (κ1) is 34.4. The third kappa shape index (κ3) is 8.49. The smallest absolute Gasteiger partial charge is 0.430 e. The minimum Gasteiger partial charge on any atom is -0.542 e. The molecule has 21 heteroatoms. The number of alkyl halides is 3. The Bertz CT molecular complexity index is 1550. The van der Waals surface area contributed by atoms with Gasteiger partial charge in [0.05, 0.1) is 32.5 Å². The number of carbonyl (C=O) groups excluding carboxylic acids is 2. The van der Waals surface area contributed by atoms with Gasteiger partial charge in [0.1, 0.15) is 10.9 Å². The van der Waals surface area contributed by atoms with Crippen LogP contribution in [0.1, 0.15) is 24.2 Å². The first-order valence-electron chi connectivity index (χ1n) is 12.5. The van der Waals surface area contributed by atoms with Gasteiger partial charge in [-0.15, -0.1) is 4.68 Å². The molecule has 1 aliphatic heterocycles. The zero-order valence-corrected chi connectivity index (χ0v) is 23.8. The number of carboxylic acid groups (broad SMARTS) is 1. The lowest BCUT2D eigenvalue weighted by Crippen LogP contribution is -2.41. The van der Waals surface area contributed by atoms with Gasteiger partial charge in [0.2, 0.25) is 5.78 Å². The molecule has 0 spiro atoms. The van der Waals surface area contributed by atoms with E-state index in [0.717, 1.165) is 10.7 Å². The monoisotopic (exact) mass is 666 g/mol. The van der Waals surface area contributed by atoms with Crippen LogP contribution in [0.4, 0.5) is 44.2 Å².